The minimum atomic E-state index is -0.176. The highest BCUT2D eigenvalue weighted by molar-refractivity contribution is 5.81. The van der Waals surface area contributed by atoms with Crippen molar-refractivity contribution in [1.82, 2.24) is 15.8 Å². The lowest BCUT2D eigenvalue weighted by Crippen LogP contribution is -2.48. The minimum absolute atomic E-state index is 0.146. The van der Waals surface area contributed by atoms with E-state index in [1.165, 1.54) is 5.69 Å². The number of hydrogen-bond donors (Lipinski definition) is 2. The first-order valence-electron chi connectivity index (χ1n) is 7.79. The highest BCUT2D eigenvalue weighted by Crippen LogP contribution is 2.15. The van der Waals surface area contributed by atoms with Crippen molar-refractivity contribution in [2.75, 3.05) is 37.6 Å². The van der Waals surface area contributed by atoms with Gasteiger partial charge in [-0.25, -0.2) is 0 Å². The highest BCUT2D eigenvalue weighted by atomic mass is 16.2. The van der Waals surface area contributed by atoms with Crippen LogP contribution in [0.2, 0.25) is 0 Å². The number of rotatable bonds is 5. The molecule has 1 saturated heterocycles. The quantitative estimate of drug-likeness (QED) is 0.788. The summed E-state index contributed by atoms with van der Waals surface area (Å²) in [6.45, 7) is 6.30. The first-order chi connectivity index (χ1) is 10.7. The molecule has 1 aromatic carbocycles. The van der Waals surface area contributed by atoms with Crippen LogP contribution in [0.15, 0.2) is 30.3 Å². The topological polar surface area (TPSA) is 64.7 Å². The summed E-state index contributed by atoms with van der Waals surface area (Å²) >= 11 is 0. The molecule has 0 atom stereocenters. The second kappa shape index (κ2) is 8.38. The molecule has 1 fully saturated rings. The zero-order valence-electron chi connectivity index (χ0n) is 13.0. The van der Waals surface area contributed by atoms with E-state index in [0.29, 0.717) is 12.8 Å². The van der Waals surface area contributed by atoms with Gasteiger partial charge in [-0.1, -0.05) is 25.1 Å². The van der Waals surface area contributed by atoms with Crippen LogP contribution < -0.4 is 15.8 Å². The summed E-state index contributed by atoms with van der Waals surface area (Å²) in [5.74, 6) is -0.322. The number of amides is 2. The first-order valence-corrected chi connectivity index (χ1v) is 7.79. The molecule has 0 saturated carbocycles. The van der Waals surface area contributed by atoms with Crippen molar-refractivity contribution in [2.24, 2.45) is 0 Å². The van der Waals surface area contributed by atoms with Gasteiger partial charge in [0.25, 0.3) is 0 Å². The molecule has 0 spiro atoms. The van der Waals surface area contributed by atoms with Gasteiger partial charge in [0, 0.05) is 51.3 Å². The van der Waals surface area contributed by atoms with Gasteiger partial charge in [-0.15, -0.1) is 0 Å². The number of hydrogen-bond acceptors (Lipinski definition) is 4. The molecule has 2 N–H and O–H groups in total. The molecule has 1 heterocycles. The molecule has 1 aliphatic heterocycles. The third-order valence-corrected chi connectivity index (χ3v) is 3.81. The van der Waals surface area contributed by atoms with Gasteiger partial charge in [0.05, 0.1) is 0 Å². The van der Waals surface area contributed by atoms with Crippen molar-refractivity contribution in [1.29, 1.82) is 0 Å². The van der Waals surface area contributed by atoms with E-state index in [1.54, 1.807) is 6.92 Å². The molecule has 0 bridgehead atoms. The number of para-hydroxylation sites is 1. The Kier molecular flexibility index (Phi) is 6.21. The molecule has 0 radical (unpaired) electrons. The fourth-order valence-corrected chi connectivity index (χ4v) is 2.42. The SMILES string of the molecule is CCC(=O)NNC(=O)CCN1CCN(c2ccccc2)CC1. The van der Waals surface area contributed by atoms with E-state index in [4.69, 9.17) is 0 Å². The monoisotopic (exact) mass is 304 g/mol. The molecule has 0 unspecified atom stereocenters. The summed E-state index contributed by atoms with van der Waals surface area (Å²) in [4.78, 5) is 27.3. The molecule has 2 amide bonds. The zero-order chi connectivity index (χ0) is 15.8. The molecular weight excluding hydrogens is 280 g/mol. The molecule has 6 heteroatoms. The number of carbonyl (C=O) groups excluding carboxylic acids is 2. The van der Waals surface area contributed by atoms with Crippen LogP contribution in [-0.2, 0) is 9.59 Å². The largest absolute Gasteiger partial charge is 0.369 e. The molecule has 1 aliphatic rings. The maximum Gasteiger partial charge on any atom is 0.239 e. The Labute approximate surface area is 131 Å². The summed E-state index contributed by atoms with van der Waals surface area (Å²) in [6.07, 6.45) is 0.761. The van der Waals surface area contributed by atoms with E-state index < -0.39 is 0 Å². The lowest BCUT2D eigenvalue weighted by molar-refractivity contribution is -0.128. The Hall–Kier alpha value is -2.08. The fraction of sp³-hybridized carbons (Fsp3) is 0.500. The Bertz CT molecular complexity index is 484. The maximum atomic E-state index is 11.6. The molecule has 120 valence electrons. The second-order valence-corrected chi connectivity index (χ2v) is 5.36. The normalized spacial score (nSPS) is 15.4. The van der Waals surface area contributed by atoms with Gasteiger partial charge >= 0.3 is 0 Å². The number of piperazine rings is 1. The van der Waals surface area contributed by atoms with Gasteiger partial charge in [-0.3, -0.25) is 25.3 Å². The lowest BCUT2D eigenvalue weighted by Gasteiger charge is -2.36. The fourth-order valence-electron chi connectivity index (χ4n) is 2.42. The van der Waals surface area contributed by atoms with Crippen LogP contribution in [0.25, 0.3) is 0 Å². The van der Waals surface area contributed by atoms with Gasteiger partial charge < -0.3 is 4.90 Å². The molecule has 6 nitrogen and oxygen atoms in total. The van der Waals surface area contributed by atoms with Crippen molar-refractivity contribution in [2.45, 2.75) is 19.8 Å². The number of carbonyl (C=O) groups is 2. The lowest BCUT2D eigenvalue weighted by atomic mass is 10.2. The van der Waals surface area contributed by atoms with Crippen molar-refractivity contribution in [3.05, 3.63) is 30.3 Å². The van der Waals surface area contributed by atoms with Crippen molar-refractivity contribution < 1.29 is 9.59 Å². The van der Waals surface area contributed by atoms with Gasteiger partial charge in [-0.2, -0.15) is 0 Å². The van der Waals surface area contributed by atoms with Crippen LogP contribution in [0.3, 0.4) is 0 Å². The van der Waals surface area contributed by atoms with Crippen LogP contribution in [0, 0.1) is 0 Å². The molecule has 0 aromatic heterocycles. The number of nitrogens with zero attached hydrogens (tertiary/aromatic N) is 2. The van der Waals surface area contributed by atoms with E-state index in [0.717, 1.165) is 32.7 Å². The number of nitrogens with one attached hydrogen (secondary N) is 2. The highest BCUT2D eigenvalue weighted by Gasteiger charge is 2.17. The molecule has 2 rings (SSSR count). The average molecular weight is 304 g/mol. The minimum Gasteiger partial charge on any atom is -0.369 e. The second-order valence-electron chi connectivity index (χ2n) is 5.36. The van der Waals surface area contributed by atoms with Crippen LogP contribution in [0.5, 0.6) is 0 Å². The maximum absolute atomic E-state index is 11.6. The van der Waals surface area contributed by atoms with Crippen LogP contribution in [0.4, 0.5) is 5.69 Å². The standard InChI is InChI=1S/C16H24N4O2/c1-2-15(21)17-18-16(22)8-9-19-10-12-20(13-11-19)14-6-4-3-5-7-14/h3-7H,2,8-13H2,1H3,(H,17,21)(H,18,22). The third kappa shape index (κ3) is 5.04. The summed E-state index contributed by atoms with van der Waals surface area (Å²) in [7, 11) is 0. The Balaban J connectivity index is 1.65. The molecule has 0 aliphatic carbocycles. The van der Waals surface area contributed by atoms with E-state index >= 15 is 0 Å². The summed E-state index contributed by atoms with van der Waals surface area (Å²) in [6, 6.07) is 10.4. The average Bonchev–Trinajstić information content (AvgIpc) is 2.59. The van der Waals surface area contributed by atoms with Crippen LogP contribution in [0.1, 0.15) is 19.8 Å². The van der Waals surface area contributed by atoms with E-state index in [2.05, 4.69) is 44.9 Å². The van der Waals surface area contributed by atoms with Gasteiger partial charge in [-0.05, 0) is 12.1 Å². The van der Waals surface area contributed by atoms with Crippen molar-refractivity contribution in [3.63, 3.8) is 0 Å². The number of benzene rings is 1. The summed E-state index contributed by atoms with van der Waals surface area (Å²) in [5.41, 5.74) is 6.07. The summed E-state index contributed by atoms with van der Waals surface area (Å²) < 4.78 is 0. The third-order valence-electron chi connectivity index (χ3n) is 3.81. The molecule has 1 aromatic rings. The van der Waals surface area contributed by atoms with Gasteiger partial charge in [0.1, 0.15) is 0 Å². The number of anilines is 1. The Morgan fingerprint density at radius 3 is 2.27 bits per heavy atom. The predicted molar refractivity (Wildman–Crippen MR) is 86.3 cm³/mol. The first kappa shape index (κ1) is 16.3. The van der Waals surface area contributed by atoms with Crippen LogP contribution in [-0.4, -0.2) is 49.4 Å². The Morgan fingerprint density at radius 1 is 1.00 bits per heavy atom. The van der Waals surface area contributed by atoms with Gasteiger partial charge in [0.2, 0.25) is 11.8 Å². The smallest absolute Gasteiger partial charge is 0.239 e. The Morgan fingerprint density at radius 2 is 1.64 bits per heavy atom. The predicted octanol–water partition coefficient (Wildman–Crippen LogP) is 0.756. The van der Waals surface area contributed by atoms with Crippen molar-refractivity contribution >= 4 is 17.5 Å². The number of hydrazine groups is 1. The molecule has 22 heavy (non-hydrogen) atoms. The summed E-state index contributed by atoms with van der Waals surface area (Å²) in [5, 5.41) is 0. The van der Waals surface area contributed by atoms with Crippen molar-refractivity contribution in [3.8, 4) is 0 Å². The molecular formula is C16H24N4O2. The zero-order valence-corrected chi connectivity index (χ0v) is 13.0. The van der Waals surface area contributed by atoms with E-state index in [-0.39, 0.29) is 11.8 Å². The van der Waals surface area contributed by atoms with Crippen LogP contribution >= 0.6 is 0 Å². The van der Waals surface area contributed by atoms with E-state index in [1.807, 2.05) is 6.07 Å². The van der Waals surface area contributed by atoms with E-state index in [9.17, 15) is 9.59 Å². The van der Waals surface area contributed by atoms with Gasteiger partial charge in [0.15, 0.2) is 0 Å².